The standard InChI is InChI=1S/C17H24N6O2/c1-18-17(22(2)13-15-5-9-25-21-15)20-12-14-4-3-6-19-16(14)23-7-10-24-11-8-23/h3-6,9H,7-8,10-13H2,1-2H3,(H,18,20). The first-order chi connectivity index (χ1) is 12.3. The van der Waals surface area contributed by atoms with Crippen molar-refractivity contribution in [1.82, 2.24) is 20.4 Å². The third kappa shape index (κ3) is 4.48. The number of rotatable bonds is 5. The van der Waals surface area contributed by atoms with Crippen LogP contribution >= 0.6 is 0 Å². The van der Waals surface area contributed by atoms with Gasteiger partial charge >= 0.3 is 0 Å². The lowest BCUT2D eigenvalue weighted by molar-refractivity contribution is 0.122. The molecule has 0 spiro atoms. The molecule has 25 heavy (non-hydrogen) atoms. The molecule has 0 radical (unpaired) electrons. The highest BCUT2D eigenvalue weighted by atomic mass is 16.5. The average Bonchev–Trinajstić information content (AvgIpc) is 3.16. The maximum atomic E-state index is 5.43. The van der Waals surface area contributed by atoms with Gasteiger partial charge in [-0.05, 0) is 6.07 Å². The highest BCUT2D eigenvalue weighted by molar-refractivity contribution is 5.79. The number of aliphatic imine (C=N–C) groups is 1. The molecule has 0 amide bonds. The predicted molar refractivity (Wildman–Crippen MR) is 95.4 cm³/mol. The number of aromatic nitrogens is 2. The van der Waals surface area contributed by atoms with Crippen LogP contribution in [0.3, 0.4) is 0 Å². The van der Waals surface area contributed by atoms with Crippen LogP contribution in [-0.2, 0) is 17.8 Å². The van der Waals surface area contributed by atoms with Crippen LogP contribution in [0, 0.1) is 0 Å². The molecule has 8 nitrogen and oxygen atoms in total. The Balaban J connectivity index is 1.63. The Labute approximate surface area is 147 Å². The zero-order valence-corrected chi connectivity index (χ0v) is 14.7. The van der Waals surface area contributed by atoms with E-state index in [4.69, 9.17) is 9.26 Å². The van der Waals surface area contributed by atoms with Gasteiger partial charge < -0.3 is 24.4 Å². The zero-order valence-electron chi connectivity index (χ0n) is 14.7. The number of nitrogens with one attached hydrogen (secondary N) is 1. The quantitative estimate of drug-likeness (QED) is 0.643. The first-order valence-corrected chi connectivity index (χ1v) is 8.35. The van der Waals surface area contributed by atoms with Crippen LogP contribution in [0.2, 0.25) is 0 Å². The smallest absolute Gasteiger partial charge is 0.194 e. The van der Waals surface area contributed by atoms with Crippen LogP contribution in [0.25, 0.3) is 0 Å². The molecule has 1 aliphatic heterocycles. The monoisotopic (exact) mass is 344 g/mol. The minimum absolute atomic E-state index is 0.625. The van der Waals surface area contributed by atoms with Gasteiger partial charge in [-0.2, -0.15) is 0 Å². The largest absolute Gasteiger partial charge is 0.378 e. The molecule has 3 rings (SSSR count). The second-order valence-corrected chi connectivity index (χ2v) is 5.83. The van der Waals surface area contributed by atoms with Crippen LogP contribution in [0.4, 0.5) is 5.82 Å². The van der Waals surface area contributed by atoms with E-state index >= 15 is 0 Å². The Morgan fingerprint density at radius 1 is 1.36 bits per heavy atom. The number of hydrogen-bond acceptors (Lipinski definition) is 6. The Bertz CT molecular complexity index is 682. The van der Waals surface area contributed by atoms with Crippen LogP contribution < -0.4 is 10.2 Å². The fourth-order valence-corrected chi connectivity index (χ4v) is 2.82. The molecular formula is C17H24N6O2. The van der Waals surface area contributed by atoms with Crippen LogP contribution in [0.1, 0.15) is 11.3 Å². The summed E-state index contributed by atoms with van der Waals surface area (Å²) in [5, 5.41) is 7.34. The maximum absolute atomic E-state index is 5.43. The van der Waals surface area contributed by atoms with Crippen molar-refractivity contribution in [2.24, 2.45) is 4.99 Å². The highest BCUT2D eigenvalue weighted by Crippen LogP contribution is 2.18. The molecule has 0 bridgehead atoms. The SMILES string of the molecule is CN=C(NCc1cccnc1N1CCOCC1)N(C)Cc1ccon1. The van der Waals surface area contributed by atoms with Gasteiger partial charge in [0.05, 0.1) is 19.8 Å². The zero-order chi connectivity index (χ0) is 17.5. The molecule has 0 aromatic carbocycles. The van der Waals surface area contributed by atoms with Gasteiger partial charge in [-0.25, -0.2) is 4.98 Å². The van der Waals surface area contributed by atoms with E-state index in [9.17, 15) is 0 Å². The van der Waals surface area contributed by atoms with E-state index in [0.717, 1.165) is 49.3 Å². The third-order valence-electron chi connectivity index (χ3n) is 4.08. The second-order valence-electron chi connectivity index (χ2n) is 5.83. The molecule has 2 aromatic rings. The van der Waals surface area contributed by atoms with Gasteiger partial charge in [0.2, 0.25) is 0 Å². The summed E-state index contributed by atoms with van der Waals surface area (Å²) in [4.78, 5) is 13.2. The molecule has 0 aliphatic carbocycles. The number of pyridine rings is 1. The topological polar surface area (TPSA) is 79.0 Å². The van der Waals surface area contributed by atoms with Crippen molar-refractivity contribution in [2.45, 2.75) is 13.1 Å². The third-order valence-corrected chi connectivity index (χ3v) is 4.08. The lowest BCUT2D eigenvalue weighted by atomic mass is 10.2. The molecule has 3 heterocycles. The van der Waals surface area contributed by atoms with E-state index in [1.807, 2.05) is 30.3 Å². The lowest BCUT2D eigenvalue weighted by Crippen LogP contribution is -2.40. The van der Waals surface area contributed by atoms with Gasteiger partial charge in [0.25, 0.3) is 0 Å². The van der Waals surface area contributed by atoms with Crippen molar-refractivity contribution in [3.63, 3.8) is 0 Å². The van der Waals surface area contributed by atoms with Gasteiger partial charge in [-0.15, -0.1) is 0 Å². The molecule has 1 fully saturated rings. The fourth-order valence-electron chi connectivity index (χ4n) is 2.82. The van der Waals surface area contributed by atoms with Crippen molar-refractivity contribution in [3.8, 4) is 0 Å². The summed E-state index contributed by atoms with van der Waals surface area (Å²) in [7, 11) is 3.74. The van der Waals surface area contributed by atoms with Crippen LogP contribution in [0.15, 0.2) is 40.2 Å². The lowest BCUT2D eigenvalue weighted by Gasteiger charge is -2.29. The first kappa shape index (κ1) is 17.2. The predicted octanol–water partition coefficient (Wildman–Crippen LogP) is 1.11. The summed E-state index contributed by atoms with van der Waals surface area (Å²) < 4.78 is 10.3. The number of anilines is 1. The van der Waals surface area contributed by atoms with Crippen LogP contribution in [-0.4, -0.2) is 61.4 Å². The number of ether oxygens (including phenoxy) is 1. The summed E-state index contributed by atoms with van der Waals surface area (Å²) >= 11 is 0. The van der Waals surface area contributed by atoms with Gasteiger partial charge in [-0.1, -0.05) is 11.2 Å². The van der Waals surface area contributed by atoms with E-state index in [2.05, 4.69) is 31.4 Å². The molecule has 8 heteroatoms. The summed E-state index contributed by atoms with van der Waals surface area (Å²) in [6.45, 7) is 4.49. The fraction of sp³-hybridized carbons (Fsp3) is 0.471. The number of hydrogen-bond donors (Lipinski definition) is 1. The molecule has 1 aliphatic rings. The molecule has 0 atom stereocenters. The molecule has 134 valence electrons. The average molecular weight is 344 g/mol. The van der Waals surface area contributed by atoms with E-state index < -0.39 is 0 Å². The van der Waals surface area contributed by atoms with Crippen LogP contribution in [0.5, 0.6) is 0 Å². The van der Waals surface area contributed by atoms with Gasteiger partial charge in [0.1, 0.15) is 17.8 Å². The Hall–Kier alpha value is -2.61. The second kappa shape index (κ2) is 8.48. The van der Waals surface area contributed by atoms with E-state index in [0.29, 0.717) is 13.1 Å². The van der Waals surface area contributed by atoms with Crippen molar-refractivity contribution < 1.29 is 9.26 Å². The molecule has 1 saturated heterocycles. The van der Waals surface area contributed by atoms with Crippen molar-refractivity contribution in [2.75, 3.05) is 45.3 Å². The number of morpholine rings is 1. The summed E-state index contributed by atoms with van der Waals surface area (Å²) in [6.07, 6.45) is 3.41. The summed E-state index contributed by atoms with van der Waals surface area (Å²) in [5.74, 6) is 1.80. The van der Waals surface area contributed by atoms with Crippen molar-refractivity contribution in [1.29, 1.82) is 0 Å². The number of guanidine groups is 1. The number of nitrogens with zero attached hydrogens (tertiary/aromatic N) is 5. The molecule has 0 unspecified atom stereocenters. The van der Waals surface area contributed by atoms with Crippen molar-refractivity contribution in [3.05, 3.63) is 41.9 Å². The molecule has 2 aromatic heterocycles. The van der Waals surface area contributed by atoms with Gasteiger partial charge in [0.15, 0.2) is 5.96 Å². The Morgan fingerprint density at radius 2 is 2.20 bits per heavy atom. The summed E-state index contributed by atoms with van der Waals surface area (Å²) in [5.41, 5.74) is 2.00. The summed E-state index contributed by atoms with van der Waals surface area (Å²) in [6, 6.07) is 5.90. The Kier molecular flexibility index (Phi) is 5.84. The minimum Gasteiger partial charge on any atom is -0.378 e. The normalized spacial score (nSPS) is 15.3. The molecule has 1 N–H and O–H groups in total. The maximum Gasteiger partial charge on any atom is 0.194 e. The molecule has 0 saturated carbocycles. The first-order valence-electron chi connectivity index (χ1n) is 8.35. The highest BCUT2D eigenvalue weighted by Gasteiger charge is 2.16. The minimum atomic E-state index is 0.625. The molecular weight excluding hydrogens is 320 g/mol. The Morgan fingerprint density at radius 3 is 2.92 bits per heavy atom. The van der Waals surface area contributed by atoms with Gasteiger partial charge in [0, 0.05) is 51.6 Å². The van der Waals surface area contributed by atoms with Gasteiger partial charge in [-0.3, -0.25) is 4.99 Å². The van der Waals surface area contributed by atoms with E-state index in [1.165, 1.54) is 0 Å². The van der Waals surface area contributed by atoms with Crippen molar-refractivity contribution >= 4 is 11.8 Å². The van der Waals surface area contributed by atoms with E-state index in [1.54, 1.807) is 13.3 Å². The van der Waals surface area contributed by atoms with E-state index in [-0.39, 0.29) is 0 Å².